The molecule has 0 spiro atoms. The number of carbonyl (C=O) groups is 6. The Morgan fingerprint density at radius 1 is 0.873 bits per heavy atom. The summed E-state index contributed by atoms with van der Waals surface area (Å²) in [6.45, 7) is 7.15. The van der Waals surface area contributed by atoms with Gasteiger partial charge in [0.25, 0.3) is 17.4 Å². The number of aromatic nitrogens is 2. The number of likely N-dealkylation sites (N-methyl/N-ethyl adjacent to an activating group) is 1. The van der Waals surface area contributed by atoms with Crippen molar-refractivity contribution in [1.82, 2.24) is 49.8 Å². The molecule has 4 fully saturated rings. The number of nitrogens with zero attached hydrogens (tertiary/aromatic N) is 8. The average molecular weight is 930 g/mol. The molecular weight excluding hydrogens is 876 g/mol. The minimum Gasteiger partial charge on any atom is -0.379 e. The van der Waals surface area contributed by atoms with Gasteiger partial charge in [-0.05, 0) is 83.2 Å². The highest BCUT2D eigenvalue weighted by atomic mass is 79.9. The topological polar surface area (TPSA) is 205 Å². The lowest BCUT2D eigenvalue weighted by Gasteiger charge is -2.40. The lowest BCUT2D eigenvalue weighted by atomic mass is 9.87. The molecule has 4 saturated heterocycles. The Labute approximate surface area is 373 Å². The van der Waals surface area contributed by atoms with Gasteiger partial charge in [-0.1, -0.05) is 12.1 Å². The highest BCUT2D eigenvalue weighted by Gasteiger charge is 2.39. The third-order valence-electron chi connectivity index (χ3n) is 12.7. The fraction of sp³-hybridized carbons (Fsp3) is 0.488. The number of imide groups is 1. The van der Waals surface area contributed by atoms with E-state index in [4.69, 9.17) is 0 Å². The predicted octanol–water partition coefficient (Wildman–Crippen LogP) is 1.52. The van der Waals surface area contributed by atoms with Crippen molar-refractivity contribution >= 4 is 63.0 Å². The molecule has 334 valence electrons. The molecule has 2 aromatic carbocycles. The van der Waals surface area contributed by atoms with Crippen LogP contribution in [0.15, 0.2) is 57.9 Å². The van der Waals surface area contributed by atoms with E-state index in [1.807, 2.05) is 29.2 Å². The van der Waals surface area contributed by atoms with E-state index in [0.29, 0.717) is 98.0 Å². The molecule has 1 aromatic heterocycles. The minimum absolute atomic E-state index is 0.0457. The Hall–Kier alpha value is -5.86. The van der Waals surface area contributed by atoms with Gasteiger partial charge in [-0.2, -0.15) is 5.10 Å². The molecule has 5 aliphatic rings. The van der Waals surface area contributed by atoms with Crippen LogP contribution in [0.4, 0.5) is 21.0 Å². The number of hydrogen-bond acceptors (Lipinski definition) is 11. The van der Waals surface area contributed by atoms with E-state index in [0.717, 1.165) is 25.1 Å². The maximum Gasteiger partial charge on any atom is 0.321 e. The van der Waals surface area contributed by atoms with Crippen molar-refractivity contribution in [2.75, 3.05) is 96.2 Å². The first-order valence-corrected chi connectivity index (χ1v) is 22.3. The molecule has 63 heavy (non-hydrogen) atoms. The number of anilines is 2. The van der Waals surface area contributed by atoms with Crippen molar-refractivity contribution < 1.29 is 28.8 Å². The third kappa shape index (κ3) is 9.87. The fourth-order valence-electron chi connectivity index (χ4n) is 9.15. The molecule has 0 bridgehead atoms. The number of aryl methyl sites for hydroxylation is 1. The summed E-state index contributed by atoms with van der Waals surface area (Å²) < 4.78 is 1.76. The van der Waals surface area contributed by atoms with Gasteiger partial charge in [0.2, 0.25) is 11.8 Å². The van der Waals surface area contributed by atoms with Gasteiger partial charge in [0.15, 0.2) is 0 Å². The Kier molecular flexibility index (Phi) is 13.1. The molecule has 8 amide bonds. The maximum atomic E-state index is 13.4. The summed E-state index contributed by atoms with van der Waals surface area (Å²) in [6.07, 6.45) is 2.98. The smallest absolute Gasteiger partial charge is 0.321 e. The van der Waals surface area contributed by atoms with Gasteiger partial charge in [0.05, 0.1) is 11.9 Å². The number of fused-ring (bicyclic) bond motifs is 1. The van der Waals surface area contributed by atoms with Gasteiger partial charge in [0, 0.05) is 121 Å². The van der Waals surface area contributed by atoms with Crippen LogP contribution < -0.4 is 26.8 Å². The Morgan fingerprint density at radius 3 is 2.29 bits per heavy atom. The molecule has 8 rings (SSSR count). The van der Waals surface area contributed by atoms with Gasteiger partial charge in [0.1, 0.15) is 10.5 Å². The first-order chi connectivity index (χ1) is 30.3. The van der Waals surface area contributed by atoms with Crippen molar-refractivity contribution in [2.45, 2.75) is 43.8 Å². The summed E-state index contributed by atoms with van der Waals surface area (Å²) in [5.74, 6) is -0.970. The first kappa shape index (κ1) is 43.8. The van der Waals surface area contributed by atoms with E-state index in [2.05, 4.69) is 59.1 Å². The third-order valence-corrected chi connectivity index (χ3v) is 13.5. The molecule has 5 aliphatic heterocycles. The monoisotopic (exact) mass is 928 g/mol. The standard InChI is InChI=1S/C43H53BrN12O7/c1-50-24-29(21-32(26-50)47-34-23-46-51(2)41(61)37(34)44)27-3-5-28(6-4-27)38(58)45-11-12-52-13-15-54(16-14-52)43(63)55-19-17-53(18-20-55)42(62)48-31-7-8-33-30(22-31)25-56(40(33)60)35-9-10-36(57)49-39(35)59/h3-8,22-23,29,32,35,47H,9-21,24-26H2,1-2H3,(H,45,58)(H,48,62)(H,49,57,59)/t29-,32+,35?/m1/s1. The maximum absolute atomic E-state index is 13.4. The zero-order valence-electron chi connectivity index (χ0n) is 35.5. The van der Waals surface area contributed by atoms with E-state index < -0.39 is 11.9 Å². The summed E-state index contributed by atoms with van der Waals surface area (Å²) in [4.78, 5) is 100. The molecule has 20 heteroatoms. The summed E-state index contributed by atoms with van der Waals surface area (Å²) in [5.41, 5.74) is 3.93. The van der Waals surface area contributed by atoms with Gasteiger partial charge in [-0.15, -0.1) is 0 Å². The van der Waals surface area contributed by atoms with Crippen LogP contribution in [0, 0.1) is 0 Å². The van der Waals surface area contributed by atoms with Crippen LogP contribution in [-0.2, 0) is 23.2 Å². The highest BCUT2D eigenvalue weighted by Crippen LogP contribution is 2.31. The lowest BCUT2D eigenvalue weighted by molar-refractivity contribution is -0.136. The fourth-order valence-corrected chi connectivity index (χ4v) is 9.62. The molecule has 0 saturated carbocycles. The largest absolute Gasteiger partial charge is 0.379 e. The highest BCUT2D eigenvalue weighted by molar-refractivity contribution is 9.10. The van der Waals surface area contributed by atoms with Crippen LogP contribution in [0.2, 0.25) is 0 Å². The second kappa shape index (κ2) is 18.9. The second-order valence-electron chi connectivity index (χ2n) is 17.0. The molecule has 4 N–H and O–H groups in total. The quantitative estimate of drug-likeness (QED) is 0.227. The van der Waals surface area contributed by atoms with E-state index >= 15 is 0 Å². The molecule has 3 atom stereocenters. The summed E-state index contributed by atoms with van der Waals surface area (Å²) in [6, 6.07) is 11.9. The average Bonchev–Trinajstić information content (AvgIpc) is 3.60. The zero-order valence-corrected chi connectivity index (χ0v) is 37.1. The molecule has 0 aliphatic carbocycles. The van der Waals surface area contributed by atoms with E-state index in [9.17, 15) is 33.6 Å². The zero-order chi connectivity index (χ0) is 44.4. The van der Waals surface area contributed by atoms with Crippen LogP contribution in [0.1, 0.15) is 57.0 Å². The van der Waals surface area contributed by atoms with Gasteiger partial charge < -0.3 is 40.4 Å². The van der Waals surface area contributed by atoms with Gasteiger partial charge in [-0.25, -0.2) is 14.3 Å². The first-order valence-electron chi connectivity index (χ1n) is 21.5. The Bertz CT molecular complexity index is 2330. The van der Waals surface area contributed by atoms with Crippen LogP contribution in [0.25, 0.3) is 0 Å². The number of carbonyl (C=O) groups excluding carboxylic acids is 6. The lowest BCUT2D eigenvalue weighted by Crippen LogP contribution is -2.58. The van der Waals surface area contributed by atoms with Gasteiger partial charge >= 0.3 is 12.1 Å². The number of halogens is 1. The summed E-state index contributed by atoms with van der Waals surface area (Å²) in [5, 5.41) is 15.9. The molecule has 19 nitrogen and oxygen atoms in total. The van der Waals surface area contributed by atoms with Crippen molar-refractivity contribution in [1.29, 1.82) is 0 Å². The number of hydrogen-bond donors (Lipinski definition) is 4. The predicted molar refractivity (Wildman–Crippen MR) is 236 cm³/mol. The van der Waals surface area contributed by atoms with Crippen molar-refractivity contribution in [3.8, 4) is 0 Å². The van der Waals surface area contributed by atoms with Crippen molar-refractivity contribution in [3.63, 3.8) is 0 Å². The number of benzene rings is 2. The molecule has 1 unspecified atom stereocenters. The number of piperidine rings is 2. The minimum atomic E-state index is -0.711. The van der Waals surface area contributed by atoms with Crippen LogP contribution >= 0.6 is 15.9 Å². The number of rotatable bonds is 9. The van der Waals surface area contributed by atoms with E-state index in [-0.39, 0.29) is 66.7 Å². The summed E-state index contributed by atoms with van der Waals surface area (Å²) >= 11 is 3.41. The van der Waals surface area contributed by atoms with Crippen molar-refractivity contribution in [2.24, 2.45) is 7.05 Å². The van der Waals surface area contributed by atoms with E-state index in [1.165, 1.54) is 9.58 Å². The Balaban J connectivity index is 0.728. The van der Waals surface area contributed by atoms with Crippen LogP contribution in [0.3, 0.4) is 0 Å². The number of nitrogens with one attached hydrogen (secondary N) is 4. The molecular formula is C43H53BrN12O7. The molecule has 6 heterocycles. The number of piperazine rings is 2. The van der Waals surface area contributed by atoms with Crippen LogP contribution in [-0.4, -0.2) is 173 Å². The number of likely N-dealkylation sites (tertiary alicyclic amines) is 1. The second-order valence-corrected chi connectivity index (χ2v) is 17.8. The Morgan fingerprint density at radius 2 is 1.57 bits per heavy atom. The normalized spacial score (nSPS) is 22.1. The SMILES string of the molecule is CN1C[C@@H](Nc2cnn(C)c(=O)c2Br)C[C@@H](c2ccc(C(=O)NCCN3CCN(C(=O)N4CCN(C(=O)Nc5ccc6c(c5)CN(C5CCC(=O)NC5=O)C6=O)CC4)CC3)cc2)C1. The van der Waals surface area contributed by atoms with Crippen LogP contribution in [0.5, 0.6) is 0 Å². The molecule has 0 radical (unpaired) electrons. The number of amides is 8. The summed E-state index contributed by atoms with van der Waals surface area (Å²) in [7, 11) is 3.70. The number of urea groups is 2. The molecule has 3 aromatic rings. The van der Waals surface area contributed by atoms with Gasteiger partial charge in [-0.3, -0.25) is 34.2 Å². The van der Waals surface area contributed by atoms with Crippen molar-refractivity contribution in [3.05, 3.63) is 85.7 Å². The van der Waals surface area contributed by atoms with E-state index in [1.54, 1.807) is 41.2 Å².